The van der Waals surface area contributed by atoms with Gasteiger partial charge in [0, 0.05) is 33.8 Å². The Morgan fingerprint density at radius 3 is 2.66 bits per heavy atom. The van der Waals surface area contributed by atoms with E-state index in [1.165, 1.54) is 4.90 Å². The van der Waals surface area contributed by atoms with Crippen molar-refractivity contribution in [3.63, 3.8) is 0 Å². The van der Waals surface area contributed by atoms with Crippen LogP contribution in [0.2, 0.25) is 5.02 Å². The summed E-state index contributed by atoms with van der Waals surface area (Å²) >= 11 is 9.53. The topological polar surface area (TPSA) is 75.7 Å². The first kappa shape index (κ1) is 21.3. The maximum absolute atomic E-state index is 12.3. The fourth-order valence-electron chi connectivity index (χ4n) is 3.04. The normalized spacial score (nSPS) is 16.1. The van der Waals surface area contributed by atoms with E-state index in [1.54, 1.807) is 18.2 Å². The third-order valence-electron chi connectivity index (χ3n) is 4.71. The molecular weight excluding hydrogens is 460 g/mol. The highest BCUT2D eigenvalue weighted by Crippen LogP contribution is 2.29. The van der Waals surface area contributed by atoms with E-state index in [9.17, 15) is 14.4 Å². The molecule has 0 aliphatic carbocycles. The van der Waals surface area contributed by atoms with Gasteiger partial charge < -0.3 is 15.0 Å². The number of esters is 1. The lowest BCUT2D eigenvalue weighted by molar-refractivity contribution is -0.151. The molecule has 1 aliphatic rings. The van der Waals surface area contributed by atoms with E-state index in [0.717, 1.165) is 15.6 Å². The third-order valence-corrected chi connectivity index (χ3v) is 6.01. The fraction of sp³-hybridized carbons (Fsp3) is 0.286. The summed E-state index contributed by atoms with van der Waals surface area (Å²) in [5.41, 5.74) is 3.14. The second-order valence-corrected chi connectivity index (χ2v) is 8.22. The molecule has 0 unspecified atom stereocenters. The SMILES string of the molecule is Cc1ccc(N2C[C@H](C(=O)OCC(=O)Nc3ccc(Br)c(C)c3)CC2=O)cc1Cl. The van der Waals surface area contributed by atoms with Crippen LogP contribution < -0.4 is 10.2 Å². The minimum absolute atomic E-state index is 0.0395. The Morgan fingerprint density at radius 1 is 1.21 bits per heavy atom. The maximum atomic E-state index is 12.3. The molecule has 0 spiro atoms. The van der Waals surface area contributed by atoms with Gasteiger partial charge in [0.05, 0.1) is 5.92 Å². The average molecular weight is 480 g/mol. The zero-order valence-electron chi connectivity index (χ0n) is 16.0. The van der Waals surface area contributed by atoms with Crippen molar-refractivity contribution in [3.8, 4) is 0 Å². The van der Waals surface area contributed by atoms with Crippen LogP contribution in [0, 0.1) is 19.8 Å². The van der Waals surface area contributed by atoms with E-state index < -0.39 is 24.4 Å². The van der Waals surface area contributed by atoms with Crippen LogP contribution in [0.25, 0.3) is 0 Å². The van der Waals surface area contributed by atoms with Crippen LogP contribution in [0.5, 0.6) is 0 Å². The molecule has 2 aromatic carbocycles. The van der Waals surface area contributed by atoms with Gasteiger partial charge in [0.25, 0.3) is 5.91 Å². The molecule has 0 saturated carbocycles. The monoisotopic (exact) mass is 478 g/mol. The molecular formula is C21H20BrClN2O4. The van der Waals surface area contributed by atoms with Crippen molar-refractivity contribution < 1.29 is 19.1 Å². The van der Waals surface area contributed by atoms with Crippen LogP contribution in [0.4, 0.5) is 11.4 Å². The van der Waals surface area contributed by atoms with Crippen molar-refractivity contribution >= 4 is 56.7 Å². The summed E-state index contributed by atoms with van der Waals surface area (Å²) in [6.07, 6.45) is 0.0395. The number of hydrogen-bond donors (Lipinski definition) is 1. The molecule has 1 atom stereocenters. The van der Waals surface area contributed by atoms with Gasteiger partial charge in [-0.1, -0.05) is 33.6 Å². The summed E-state index contributed by atoms with van der Waals surface area (Å²) < 4.78 is 6.06. The molecule has 1 aliphatic heterocycles. The summed E-state index contributed by atoms with van der Waals surface area (Å²) in [4.78, 5) is 38.2. The number of hydrogen-bond acceptors (Lipinski definition) is 4. The number of amides is 2. The van der Waals surface area contributed by atoms with Gasteiger partial charge in [-0.05, 0) is 55.3 Å². The molecule has 1 heterocycles. The van der Waals surface area contributed by atoms with Crippen LogP contribution >= 0.6 is 27.5 Å². The van der Waals surface area contributed by atoms with Crippen molar-refractivity contribution in [1.29, 1.82) is 0 Å². The number of carbonyl (C=O) groups excluding carboxylic acids is 3. The van der Waals surface area contributed by atoms with Gasteiger partial charge in [-0.15, -0.1) is 0 Å². The van der Waals surface area contributed by atoms with E-state index in [2.05, 4.69) is 21.2 Å². The molecule has 29 heavy (non-hydrogen) atoms. The summed E-state index contributed by atoms with van der Waals surface area (Å²) in [6.45, 7) is 3.57. The lowest BCUT2D eigenvalue weighted by Gasteiger charge is -2.17. The molecule has 2 aromatic rings. The predicted octanol–water partition coefficient (Wildman–Crippen LogP) is 4.25. The Hall–Kier alpha value is -2.38. The number of rotatable bonds is 5. The second kappa shape index (κ2) is 8.97. The average Bonchev–Trinajstić information content (AvgIpc) is 3.07. The second-order valence-electron chi connectivity index (χ2n) is 6.96. The van der Waals surface area contributed by atoms with Crippen LogP contribution in [0.15, 0.2) is 40.9 Å². The van der Waals surface area contributed by atoms with Crippen LogP contribution in [0.1, 0.15) is 17.5 Å². The molecule has 8 heteroatoms. The molecule has 3 rings (SSSR count). The minimum Gasteiger partial charge on any atom is -0.455 e. The van der Waals surface area contributed by atoms with Crippen molar-refractivity contribution in [2.24, 2.45) is 5.92 Å². The maximum Gasteiger partial charge on any atom is 0.311 e. The first-order valence-corrected chi connectivity index (χ1v) is 10.2. The zero-order chi connectivity index (χ0) is 21.1. The predicted molar refractivity (Wildman–Crippen MR) is 115 cm³/mol. The summed E-state index contributed by atoms with van der Waals surface area (Å²) in [7, 11) is 0. The van der Waals surface area contributed by atoms with E-state index in [4.69, 9.17) is 16.3 Å². The molecule has 0 aromatic heterocycles. The Bertz CT molecular complexity index is 979. The number of anilines is 2. The van der Waals surface area contributed by atoms with Gasteiger partial charge in [0.1, 0.15) is 0 Å². The number of halogens is 2. The minimum atomic E-state index is -0.620. The molecule has 1 fully saturated rings. The number of carbonyl (C=O) groups is 3. The van der Waals surface area contributed by atoms with Crippen LogP contribution in [0.3, 0.4) is 0 Å². The van der Waals surface area contributed by atoms with Crippen molar-refractivity contribution in [2.45, 2.75) is 20.3 Å². The first-order chi connectivity index (χ1) is 13.7. The molecule has 1 N–H and O–H groups in total. The summed E-state index contributed by atoms with van der Waals surface area (Å²) in [5.74, 6) is -1.81. The van der Waals surface area contributed by atoms with E-state index in [1.807, 2.05) is 32.0 Å². The Morgan fingerprint density at radius 2 is 1.97 bits per heavy atom. The quantitative estimate of drug-likeness (QED) is 0.651. The smallest absolute Gasteiger partial charge is 0.311 e. The van der Waals surface area contributed by atoms with Crippen molar-refractivity contribution in [2.75, 3.05) is 23.4 Å². The highest BCUT2D eigenvalue weighted by atomic mass is 79.9. The highest BCUT2D eigenvalue weighted by Gasteiger charge is 2.36. The van der Waals surface area contributed by atoms with Gasteiger partial charge in [-0.25, -0.2) is 0 Å². The van der Waals surface area contributed by atoms with E-state index >= 15 is 0 Å². The summed E-state index contributed by atoms with van der Waals surface area (Å²) in [5, 5.41) is 3.24. The van der Waals surface area contributed by atoms with E-state index in [-0.39, 0.29) is 18.9 Å². The summed E-state index contributed by atoms with van der Waals surface area (Å²) in [6, 6.07) is 10.7. The Balaban J connectivity index is 1.54. The molecule has 0 bridgehead atoms. The van der Waals surface area contributed by atoms with Crippen LogP contribution in [-0.4, -0.2) is 30.9 Å². The third kappa shape index (κ3) is 5.16. The van der Waals surface area contributed by atoms with Crippen molar-refractivity contribution in [3.05, 3.63) is 57.0 Å². The Labute approximate surface area is 182 Å². The first-order valence-electron chi connectivity index (χ1n) is 9.03. The fourth-order valence-corrected chi connectivity index (χ4v) is 3.46. The molecule has 6 nitrogen and oxygen atoms in total. The lowest BCUT2D eigenvalue weighted by Crippen LogP contribution is -2.28. The molecule has 1 saturated heterocycles. The largest absolute Gasteiger partial charge is 0.455 e. The number of benzene rings is 2. The van der Waals surface area contributed by atoms with E-state index in [0.29, 0.717) is 16.4 Å². The number of nitrogens with zero attached hydrogens (tertiary/aromatic N) is 1. The highest BCUT2D eigenvalue weighted by molar-refractivity contribution is 9.10. The number of aryl methyl sites for hydroxylation is 2. The van der Waals surface area contributed by atoms with Gasteiger partial charge >= 0.3 is 5.97 Å². The van der Waals surface area contributed by atoms with Gasteiger partial charge in [0.15, 0.2) is 6.61 Å². The Kier molecular flexibility index (Phi) is 6.59. The molecule has 2 amide bonds. The number of nitrogens with one attached hydrogen (secondary N) is 1. The van der Waals surface area contributed by atoms with Crippen molar-refractivity contribution in [1.82, 2.24) is 0 Å². The van der Waals surface area contributed by atoms with Crippen LogP contribution in [-0.2, 0) is 19.1 Å². The lowest BCUT2D eigenvalue weighted by atomic mass is 10.1. The molecule has 0 radical (unpaired) electrons. The zero-order valence-corrected chi connectivity index (χ0v) is 18.3. The standard InChI is InChI=1S/C21H20BrClN2O4/c1-12-3-5-16(9-18(12)23)25-10-14(8-20(25)27)21(28)29-11-19(26)24-15-4-6-17(22)13(2)7-15/h3-7,9,14H,8,10-11H2,1-2H3,(H,24,26)/t14-/m1/s1. The number of ether oxygens (including phenoxy) is 1. The molecule has 152 valence electrons. The van der Waals surface area contributed by atoms with Gasteiger partial charge in [-0.2, -0.15) is 0 Å². The van der Waals surface area contributed by atoms with Gasteiger partial charge in [-0.3, -0.25) is 14.4 Å². The van der Waals surface area contributed by atoms with Gasteiger partial charge in [0.2, 0.25) is 5.91 Å².